The molecule has 0 bridgehead atoms. The normalized spacial score (nSPS) is 20.0. The fraction of sp³-hybridized carbons (Fsp3) is 0.625. The summed E-state index contributed by atoms with van der Waals surface area (Å²) in [4.78, 5) is 2.22. The molecule has 1 aromatic carbocycles. The van der Waals surface area contributed by atoms with Crippen LogP contribution in [0.4, 0.5) is 17.6 Å². The maximum Gasteiger partial charge on any atom is 0.419 e. The molecule has 8 heteroatoms. The molecule has 0 amide bonds. The Kier molecular flexibility index (Phi) is 7.78. The minimum absolute atomic E-state index is 0. The van der Waals surface area contributed by atoms with Gasteiger partial charge in [0.1, 0.15) is 5.82 Å². The smallest absolute Gasteiger partial charge is 0.314 e. The summed E-state index contributed by atoms with van der Waals surface area (Å²) >= 11 is 0. The van der Waals surface area contributed by atoms with Gasteiger partial charge in [0.2, 0.25) is 0 Å². The molecule has 1 saturated heterocycles. The lowest BCUT2D eigenvalue weighted by Crippen LogP contribution is -2.45. The third-order valence-corrected chi connectivity index (χ3v) is 4.53. The predicted molar refractivity (Wildman–Crippen MR) is 90.4 cm³/mol. The Bertz CT molecular complexity index is 529. The van der Waals surface area contributed by atoms with Crippen LogP contribution in [0.3, 0.4) is 0 Å². The Labute approximate surface area is 151 Å². The number of piperazine rings is 1. The van der Waals surface area contributed by atoms with Gasteiger partial charge in [0, 0.05) is 32.2 Å². The summed E-state index contributed by atoms with van der Waals surface area (Å²) in [6.45, 7) is 3.31. The molecule has 0 radical (unpaired) electrons. The average molecular weight is 389 g/mol. The first-order valence-electron chi connectivity index (χ1n) is 7.76. The largest absolute Gasteiger partial charge is 0.419 e. The lowest BCUT2D eigenvalue weighted by atomic mass is 9.96. The molecule has 0 spiro atoms. The van der Waals surface area contributed by atoms with Crippen LogP contribution in [0.1, 0.15) is 36.4 Å². The molecule has 1 N–H and O–H groups in total. The first kappa shape index (κ1) is 21.5. The van der Waals surface area contributed by atoms with E-state index < -0.39 is 17.6 Å². The van der Waals surface area contributed by atoms with Crippen LogP contribution in [0, 0.1) is 11.7 Å². The van der Waals surface area contributed by atoms with Crippen LogP contribution in [0.5, 0.6) is 0 Å². The van der Waals surface area contributed by atoms with Gasteiger partial charge < -0.3 is 5.32 Å². The maximum atomic E-state index is 13.5. The van der Waals surface area contributed by atoms with E-state index in [0.717, 1.165) is 57.6 Å². The van der Waals surface area contributed by atoms with Gasteiger partial charge in [0.15, 0.2) is 0 Å². The first-order chi connectivity index (χ1) is 10.4. The highest BCUT2D eigenvalue weighted by atomic mass is 35.5. The van der Waals surface area contributed by atoms with Crippen molar-refractivity contribution in [3.63, 3.8) is 0 Å². The molecule has 24 heavy (non-hydrogen) atoms. The highest BCUT2D eigenvalue weighted by Gasteiger charge is 2.36. The van der Waals surface area contributed by atoms with Crippen molar-refractivity contribution in [2.24, 2.45) is 5.92 Å². The number of rotatable bonds is 4. The van der Waals surface area contributed by atoms with Crippen molar-refractivity contribution in [2.75, 3.05) is 26.2 Å². The van der Waals surface area contributed by atoms with Crippen molar-refractivity contribution < 1.29 is 17.6 Å². The minimum atomic E-state index is -4.65. The average Bonchev–Trinajstić information content (AvgIpc) is 3.29. The van der Waals surface area contributed by atoms with Crippen LogP contribution in [0.2, 0.25) is 0 Å². The van der Waals surface area contributed by atoms with E-state index >= 15 is 0 Å². The molecule has 2 aliphatic rings. The Hall–Kier alpha value is -0.560. The molecule has 2 nitrogen and oxygen atoms in total. The lowest BCUT2D eigenvalue weighted by Gasteiger charge is -2.35. The molecular weight excluding hydrogens is 367 g/mol. The SMILES string of the molecule is Cl.Cl.Fc1ccc([C@@H](CC2CC2)N2CCNCC2)cc1C(F)(F)F. The number of nitrogens with one attached hydrogen (secondary N) is 1. The maximum absolute atomic E-state index is 13.5. The van der Waals surface area contributed by atoms with Gasteiger partial charge >= 0.3 is 6.18 Å². The van der Waals surface area contributed by atoms with Gasteiger partial charge in [0.05, 0.1) is 5.56 Å². The van der Waals surface area contributed by atoms with Crippen LogP contribution in [-0.4, -0.2) is 31.1 Å². The topological polar surface area (TPSA) is 15.3 Å². The monoisotopic (exact) mass is 388 g/mol. The highest BCUT2D eigenvalue weighted by molar-refractivity contribution is 5.85. The quantitative estimate of drug-likeness (QED) is 0.767. The summed E-state index contributed by atoms with van der Waals surface area (Å²) in [7, 11) is 0. The van der Waals surface area contributed by atoms with E-state index in [9.17, 15) is 17.6 Å². The molecule has 1 aliphatic heterocycles. The van der Waals surface area contributed by atoms with Gasteiger partial charge in [-0.05, 0) is 30.0 Å². The zero-order chi connectivity index (χ0) is 15.7. The number of halogens is 6. The number of hydrogen-bond acceptors (Lipinski definition) is 2. The lowest BCUT2D eigenvalue weighted by molar-refractivity contribution is -0.140. The zero-order valence-corrected chi connectivity index (χ0v) is 14.7. The second-order valence-corrected chi connectivity index (χ2v) is 6.22. The molecule has 1 saturated carbocycles. The van der Waals surface area contributed by atoms with E-state index in [1.807, 2.05) is 0 Å². The molecular formula is C16H22Cl2F4N2. The fourth-order valence-electron chi connectivity index (χ4n) is 3.13. The number of nitrogens with zero attached hydrogens (tertiary/aromatic N) is 1. The van der Waals surface area contributed by atoms with E-state index in [-0.39, 0.29) is 30.9 Å². The van der Waals surface area contributed by atoms with E-state index in [0.29, 0.717) is 11.5 Å². The van der Waals surface area contributed by atoms with Crippen LogP contribution in [-0.2, 0) is 6.18 Å². The highest BCUT2D eigenvalue weighted by Crippen LogP contribution is 2.41. The number of benzene rings is 1. The van der Waals surface area contributed by atoms with Crippen LogP contribution in [0.25, 0.3) is 0 Å². The van der Waals surface area contributed by atoms with Gasteiger partial charge in [-0.15, -0.1) is 24.8 Å². The van der Waals surface area contributed by atoms with Gasteiger partial charge in [-0.25, -0.2) is 4.39 Å². The molecule has 0 unspecified atom stereocenters. The Balaban J connectivity index is 0.00000144. The molecule has 2 fully saturated rings. The van der Waals surface area contributed by atoms with Crippen molar-refractivity contribution >= 4 is 24.8 Å². The summed E-state index contributed by atoms with van der Waals surface area (Å²) in [5.41, 5.74) is -0.566. The van der Waals surface area contributed by atoms with E-state index in [2.05, 4.69) is 10.2 Å². The fourth-order valence-corrected chi connectivity index (χ4v) is 3.13. The van der Waals surface area contributed by atoms with Crippen molar-refractivity contribution in [3.05, 3.63) is 35.1 Å². The summed E-state index contributed by atoms with van der Waals surface area (Å²) in [6.07, 6.45) is -1.48. The standard InChI is InChI=1S/C16H20F4N2.2ClH/c17-14-4-3-12(10-13(14)16(18,19)20)15(9-11-1-2-11)22-7-5-21-6-8-22;;/h3-4,10-11,15,21H,1-2,5-9H2;2*1H/t15-;;/m1../s1. The molecule has 1 atom stereocenters. The van der Waals surface area contributed by atoms with Gasteiger partial charge in [-0.3, -0.25) is 4.90 Å². The summed E-state index contributed by atoms with van der Waals surface area (Å²) < 4.78 is 52.3. The first-order valence-corrected chi connectivity index (χ1v) is 7.76. The molecule has 3 rings (SSSR count). The van der Waals surface area contributed by atoms with E-state index in [1.165, 1.54) is 6.07 Å². The summed E-state index contributed by atoms with van der Waals surface area (Å²) in [5.74, 6) is -0.596. The van der Waals surface area contributed by atoms with Crippen molar-refractivity contribution in [2.45, 2.75) is 31.5 Å². The Morgan fingerprint density at radius 1 is 1.12 bits per heavy atom. The van der Waals surface area contributed by atoms with Crippen molar-refractivity contribution in [1.29, 1.82) is 0 Å². The minimum Gasteiger partial charge on any atom is -0.314 e. The van der Waals surface area contributed by atoms with Crippen molar-refractivity contribution in [3.8, 4) is 0 Å². The molecule has 1 aromatic rings. The van der Waals surface area contributed by atoms with Crippen molar-refractivity contribution in [1.82, 2.24) is 10.2 Å². The second-order valence-electron chi connectivity index (χ2n) is 6.22. The Morgan fingerprint density at radius 3 is 2.29 bits per heavy atom. The predicted octanol–water partition coefficient (Wildman–Crippen LogP) is 4.43. The molecule has 1 heterocycles. The number of hydrogen-bond donors (Lipinski definition) is 1. The van der Waals surface area contributed by atoms with Gasteiger partial charge in [-0.2, -0.15) is 13.2 Å². The molecule has 138 valence electrons. The van der Waals surface area contributed by atoms with Crippen LogP contribution < -0.4 is 5.32 Å². The zero-order valence-electron chi connectivity index (χ0n) is 13.1. The second kappa shape index (κ2) is 8.70. The van der Waals surface area contributed by atoms with Gasteiger partial charge in [0.25, 0.3) is 0 Å². The van der Waals surface area contributed by atoms with Crippen LogP contribution >= 0.6 is 24.8 Å². The number of alkyl halides is 3. The summed E-state index contributed by atoms with van der Waals surface area (Å²) in [5, 5.41) is 3.25. The third kappa shape index (κ3) is 5.22. The molecule has 1 aliphatic carbocycles. The van der Waals surface area contributed by atoms with Crippen LogP contribution in [0.15, 0.2) is 18.2 Å². The van der Waals surface area contributed by atoms with E-state index in [4.69, 9.17) is 0 Å². The van der Waals surface area contributed by atoms with Gasteiger partial charge in [-0.1, -0.05) is 18.9 Å². The third-order valence-electron chi connectivity index (χ3n) is 4.53. The Morgan fingerprint density at radius 2 is 1.75 bits per heavy atom. The summed E-state index contributed by atoms with van der Waals surface area (Å²) in [6, 6.07) is 3.43. The molecule has 0 aromatic heterocycles. The van der Waals surface area contributed by atoms with E-state index in [1.54, 1.807) is 0 Å².